The van der Waals surface area contributed by atoms with Gasteiger partial charge in [-0.2, -0.15) is 16.9 Å². The largest absolute Gasteiger partial charge is 0.493 e. The topological polar surface area (TPSA) is 65.4 Å². The zero-order valence-corrected chi connectivity index (χ0v) is 17.7. The molecule has 0 radical (unpaired) electrons. The molecule has 3 aromatic rings. The maximum Gasteiger partial charge on any atom is 0.256 e. The predicted molar refractivity (Wildman–Crippen MR) is 116 cm³/mol. The molecule has 0 saturated carbocycles. The lowest BCUT2D eigenvalue weighted by Crippen LogP contribution is -2.16. The van der Waals surface area contributed by atoms with Crippen molar-refractivity contribution in [2.45, 2.75) is 25.4 Å². The molecule has 29 heavy (non-hydrogen) atoms. The Morgan fingerprint density at radius 2 is 1.86 bits per heavy atom. The molecule has 0 fully saturated rings. The predicted octanol–water partition coefficient (Wildman–Crippen LogP) is 4.51. The zero-order valence-electron chi connectivity index (χ0n) is 16.9. The summed E-state index contributed by atoms with van der Waals surface area (Å²) in [7, 11) is 3.12. The minimum absolute atomic E-state index is 0.212. The molecule has 7 heteroatoms. The van der Waals surface area contributed by atoms with Crippen LogP contribution < -0.4 is 14.8 Å². The van der Waals surface area contributed by atoms with Crippen LogP contribution in [0.15, 0.2) is 36.4 Å². The molecule has 0 bridgehead atoms. The maximum absolute atomic E-state index is 13.0. The summed E-state index contributed by atoms with van der Waals surface area (Å²) >= 11 is 1.80. The van der Waals surface area contributed by atoms with Gasteiger partial charge in [0.2, 0.25) is 0 Å². The molecular formula is C22H23N3O3S. The summed E-state index contributed by atoms with van der Waals surface area (Å²) in [6, 6.07) is 11.4. The number of amides is 1. The van der Waals surface area contributed by atoms with Crippen molar-refractivity contribution >= 4 is 23.5 Å². The Labute approximate surface area is 174 Å². The molecule has 0 unspecified atom stereocenters. The summed E-state index contributed by atoms with van der Waals surface area (Å²) in [5.74, 6) is 3.31. The number of aryl methyl sites for hydroxylation is 2. The molecule has 2 heterocycles. The summed E-state index contributed by atoms with van der Waals surface area (Å²) in [6.07, 6.45) is 0. The number of fused-ring (bicyclic) bond motifs is 1. The van der Waals surface area contributed by atoms with Gasteiger partial charge >= 0.3 is 0 Å². The highest BCUT2D eigenvalue weighted by atomic mass is 32.2. The van der Waals surface area contributed by atoms with Crippen LogP contribution in [0, 0.1) is 13.8 Å². The highest BCUT2D eigenvalue weighted by Gasteiger charge is 2.25. The van der Waals surface area contributed by atoms with E-state index in [4.69, 9.17) is 14.6 Å². The quantitative estimate of drug-likeness (QED) is 0.672. The number of hydrogen-bond donors (Lipinski definition) is 1. The van der Waals surface area contributed by atoms with Crippen molar-refractivity contribution < 1.29 is 14.3 Å². The first-order valence-corrected chi connectivity index (χ1v) is 10.5. The van der Waals surface area contributed by atoms with E-state index in [0.29, 0.717) is 17.1 Å². The van der Waals surface area contributed by atoms with Crippen molar-refractivity contribution in [3.8, 4) is 17.2 Å². The van der Waals surface area contributed by atoms with Crippen LogP contribution >= 0.6 is 11.8 Å². The van der Waals surface area contributed by atoms with Gasteiger partial charge in [0.1, 0.15) is 5.82 Å². The highest BCUT2D eigenvalue weighted by Crippen LogP contribution is 2.37. The first-order chi connectivity index (χ1) is 14.0. The molecule has 0 spiro atoms. The van der Waals surface area contributed by atoms with Gasteiger partial charge in [0.25, 0.3) is 5.91 Å². The third kappa shape index (κ3) is 3.58. The summed E-state index contributed by atoms with van der Waals surface area (Å²) in [5, 5.41) is 7.88. The van der Waals surface area contributed by atoms with Crippen LogP contribution in [0.4, 0.5) is 5.82 Å². The number of carbonyl (C=O) groups is 1. The molecule has 0 aliphatic carbocycles. The Morgan fingerprint density at radius 3 is 2.59 bits per heavy atom. The van der Waals surface area contributed by atoms with Crippen molar-refractivity contribution in [1.82, 2.24) is 9.78 Å². The zero-order chi connectivity index (χ0) is 20.5. The first kappa shape index (κ1) is 19.4. The molecule has 1 aliphatic rings. The van der Waals surface area contributed by atoms with Crippen molar-refractivity contribution in [2.24, 2.45) is 0 Å². The van der Waals surface area contributed by atoms with Crippen LogP contribution in [-0.4, -0.2) is 29.9 Å². The van der Waals surface area contributed by atoms with Crippen LogP contribution in [0.25, 0.3) is 5.69 Å². The fraction of sp³-hybridized carbons (Fsp3) is 0.273. The van der Waals surface area contributed by atoms with Gasteiger partial charge in [0.05, 0.1) is 25.6 Å². The average Bonchev–Trinajstić information content (AvgIpc) is 3.30. The van der Waals surface area contributed by atoms with Crippen LogP contribution in [0.3, 0.4) is 0 Å². The maximum atomic E-state index is 13.0. The van der Waals surface area contributed by atoms with Gasteiger partial charge in [-0.1, -0.05) is 17.7 Å². The van der Waals surface area contributed by atoms with E-state index >= 15 is 0 Å². The Bertz CT molecular complexity index is 1090. The number of thioether (sulfide) groups is 1. The Balaban J connectivity index is 1.73. The van der Waals surface area contributed by atoms with E-state index in [2.05, 4.69) is 31.3 Å². The van der Waals surface area contributed by atoms with Crippen molar-refractivity contribution in [3.63, 3.8) is 0 Å². The number of methoxy groups -OCH3 is 2. The van der Waals surface area contributed by atoms with E-state index < -0.39 is 0 Å². The van der Waals surface area contributed by atoms with Gasteiger partial charge in [-0.3, -0.25) is 4.79 Å². The summed E-state index contributed by atoms with van der Waals surface area (Å²) in [6.45, 7) is 4.13. The number of anilines is 1. The van der Waals surface area contributed by atoms with Crippen LogP contribution in [-0.2, 0) is 11.5 Å². The van der Waals surface area contributed by atoms with Crippen LogP contribution in [0.2, 0.25) is 0 Å². The van der Waals surface area contributed by atoms with E-state index in [1.165, 1.54) is 5.56 Å². The molecule has 6 nitrogen and oxygen atoms in total. The molecule has 4 rings (SSSR count). The molecule has 1 amide bonds. The lowest BCUT2D eigenvalue weighted by molar-refractivity contribution is 0.102. The molecule has 0 saturated heterocycles. The highest BCUT2D eigenvalue weighted by molar-refractivity contribution is 7.98. The van der Waals surface area contributed by atoms with Gasteiger partial charge in [0.15, 0.2) is 11.5 Å². The normalized spacial score (nSPS) is 12.6. The second-order valence-electron chi connectivity index (χ2n) is 6.99. The molecular weight excluding hydrogens is 386 g/mol. The van der Waals surface area contributed by atoms with E-state index in [1.807, 2.05) is 10.7 Å². The summed E-state index contributed by atoms with van der Waals surface area (Å²) in [5.41, 5.74) is 5.88. The molecule has 150 valence electrons. The number of rotatable bonds is 5. The standard InChI is InChI=1S/C22H23N3O3S/c1-13-5-7-18(14(2)9-13)25-21(16-11-29-12-17(16)24-25)23-22(26)15-6-8-19(27-3)20(10-15)28-4/h5-10H,11-12H2,1-4H3,(H,23,26). The van der Waals surface area contributed by atoms with Crippen molar-refractivity contribution in [1.29, 1.82) is 0 Å². The van der Waals surface area contributed by atoms with Gasteiger partial charge in [-0.05, 0) is 43.7 Å². The number of nitrogens with one attached hydrogen (secondary N) is 1. The van der Waals surface area contributed by atoms with Crippen LogP contribution in [0.1, 0.15) is 32.7 Å². The van der Waals surface area contributed by atoms with E-state index in [1.54, 1.807) is 44.2 Å². The Kier molecular flexibility index (Phi) is 5.24. The number of aromatic nitrogens is 2. The van der Waals surface area contributed by atoms with E-state index in [-0.39, 0.29) is 5.91 Å². The third-order valence-corrected chi connectivity index (χ3v) is 5.98. The molecule has 1 aliphatic heterocycles. The van der Waals surface area contributed by atoms with Crippen molar-refractivity contribution in [2.75, 3.05) is 19.5 Å². The molecule has 1 N–H and O–H groups in total. The summed E-state index contributed by atoms with van der Waals surface area (Å²) < 4.78 is 12.5. The number of nitrogens with zero attached hydrogens (tertiary/aromatic N) is 2. The monoisotopic (exact) mass is 409 g/mol. The van der Waals surface area contributed by atoms with Crippen LogP contribution in [0.5, 0.6) is 11.5 Å². The van der Waals surface area contributed by atoms with Gasteiger partial charge in [-0.25, -0.2) is 4.68 Å². The third-order valence-electron chi connectivity index (χ3n) is 5.01. The van der Waals surface area contributed by atoms with E-state index in [0.717, 1.165) is 39.8 Å². The number of ether oxygens (including phenoxy) is 2. The fourth-order valence-electron chi connectivity index (χ4n) is 3.52. The number of carbonyl (C=O) groups excluding carboxylic acids is 1. The average molecular weight is 410 g/mol. The molecule has 1 aromatic heterocycles. The number of hydrogen-bond acceptors (Lipinski definition) is 5. The van der Waals surface area contributed by atoms with Gasteiger partial charge in [0, 0.05) is 22.6 Å². The first-order valence-electron chi connectivity index (χ1n) is 9.31. The second kappa shape index (κ2) is 7.83. The summed E-state index contributed by atoms with van der Waals surface area (Å²) in [4.78, 5) is 13.0. The van der Waals surface area contributed by atoms with Crippen molar-refractivity contribution in [3.05, 3.63) is 64.3 Å². The molecule has 0 atom stereocenters. The molecule has 2 aromatic carbocycles. The lowest BCUT2D eigenvalue weighted by atomic mass is 10.1. The van der Waals surface area contributed by atoms with Gasteiger partial charge < -0.3 is 14.8 Å². The number of benzene rings is 2. The Hall–Kier alpha value is -2.93. The lowest BCUT2D eigenvalue weighted by Gasteiger charge is -2.14. The minimum Gasteiger partial charge on any atom is -0.493 e. The van der Waals surface area contributed by atoms with E-state index in [9.17, 15) is 4.79 Å². The van der Waals surface area contributed by atoms with Gasteiger partial charge in [-0.15, -0.1) is 0 Å². The smallest absolute Gasteiger partial charge is 0.256 e. The Morgan fingerprint density at radius 1 is 1.07 bits per heavy atom. The fourth-order valence-corrected chi connectivity index (χ4v) is 4.55. The minimum atomic E-state index is -0.212. The second-order valence-corrected chi connectivity index (χ2v) is 7.98. The SMILES string of the molecule is COc1ccc(C(=O)Nc2c3c(nn2-c2ccc(C)cc2C)CSC3)cc1OC.